The zero-order valence-electron chi connectivity index (χ0n) is 10.8. The Bertz CT molecular complexity index is 803. The summed E-state index contributed by atoms with van der Waals surface area (Å²) in [6.07, 6.45) is -0.173. The van der Waals surface area contributed by atoms with Crippen LogP contribution in [0.3, 0.4) is 0 Å². The SMILES string of the molecule is Cc1nc(CC(N)=O)c2c(=O)n(C)c(=O)n(C)c2n1. The van der Waals surface area contributed by atoms with E-state index in [9.17, 15) is 14.4 Å². The van der Waals surface area contributed by atoms with Gasteiger partial charge in [-0.05, 0) is 6.92 Å². The smallest absolute Gasteiger partial charge is 0.332 e. The first-order valence-corrected chi connectivity index (χ1v) is 5.54. The number of primary amides is 1. The molecule has 0 saturated carbocycles. The van der Waals surface area contributed by atoms with Gasteiger partial charge in [0.15, 0.2) is 5.65 Å². The van der Waals surface area contributed by atoms with Gasteiger partial charge in [-0.1, -0.05) is 0 Å². The highest BCUT2D eigenvalue weighted by Crippen LogP contribution is 2.10. The Morgan fingerprint density at radius 1 is 1.21 bits per heavy atom. The lowest BCUT2D eigenvalue weighted by molar-refractivity contribution is -0.117. The van der Waals surface area contributed by atoms with E-state index in [-0.39, 0.29) is 23.1 Å². The fourth-order valence-corrected chi connectivity index (χ4v) is 1.94. The standard InChI is InChI=1S/C11H13N5O3/c1-5-13-6(4-7(12)17)8-9(14-5)15(2)11(19)16(3)10(8)18/h4H2,1-3H3,(H2,12,17). The number of hydrogen-bond donors (Lipinski definition) is 1. The second kappa shape index (κ2) is 4.30. The predicted molar refractivity (Wildman–Crippen MR) is 67.7 cm³/mol. The summed E-state index contributed by atoms with van der Waals surface area (Å²) in [7, 11) is 2.86. The number of carbonyl (C=O) groups excluding carboxylic acids is 1. The van der Waals surface area contributed by atoms with E-state index in [0.717, 1.165) is 4.57 Å². The lowest BCUT2D eigenvalue weighted by atomic mass is 10.2. The highest BCUT2D eigenvalue weighted by atomic mass is 16.2. The summed E-state index contributed by atoms with van der Waals surface area (Å²) in [5.74, 6) is -0.234. The van der Waals surface area contributed by atoms with Crippen molar-refractivity contribution in [1.29, 1.82) is 0 Å². The van der Waals surface area contributed by atoms with Gasteiger partial charge in [0.25, 0.3) is 5.56 Å². The maximum Gasteiger partial charge on any atom is 0.332 e. The van der Waals surface area contributed by atoms with Crippen LogP contribution < -0.4 is 17.0 Å². The van der Waals surface area contributed by atoms with Crippen LogP contribution in [0, 0.1) is 6.92 Å². The Hall–Kier alpha value is -2.51. The van der Waals surface area contributed by atoms with E-state index in [4.69, 9.17) is 5.73 Å². The van der Waals surface area contributed by atoms with Crippen molar-refractivity contribution in [2.24, 2.45) is 19.8 Å². The van der Waals surface area contributed by atoms with Gasteiger partial charge in [-0.3, -0.25) is 18.7 Å². The first kappa shape index (κ1) is 12.9. The van der Waals surface area contributed by atoms with Crippen molar-refractivity contribution in [3.05, 3.63) is 32.4 Å². The number of aryl methyl sites for hydroxylation is 2. The van der Waals surface area contributed by atoms with Crippen LogP contribution in [-0.2, 0) is 25.3 Å². The molecule has 0 fully saturated rings. The zero-order chi connectivity index (χ0) is 14.3. The molecule has 0 radical (unpaired) electrons. The molecule has 0 atom stereocenters. The molecule has 0 aliphatic heterocycles. The number of rotatable bonds is 2. The Morgan fingerprint density at radius 3 is 2.42 bits per heavy atom. The van der Waals surface area contributed by atoms with Gasteiger partial charge in [-0.2, -0.15) is 0 Å². The molecular formula is C11H13N5O3. The van der Waals surface area contributed by atoms with Crippen LogP contribution in [0.25, 0.3) is 11.0 Å². The van der Waals surface area contributed by atoms with Gasteiger partial charge >= 0.3 is 5.69 Å². The second-order valence-electron chi connectivity index (χ2n) is 4.26. The Morgan fingerprint density at radius 2 is 1.84 bits per heavy atom. The maximum atomic E-state index is 12.1. The van der Waals surface area contributed by atoms with E-state index < -0.39 is 17.2 Å². The van der Waals surface area contributed by atoms with Crippen molar-refractivity contribution < 1.29 is 4.79 Å². The molecule has 2 rings (SSSR count). The molecule has 0 aliphatic rings. The summed E-state index contributed by atoms with van der Waals surface area (Å²) in [5, 5.41) is 0.147. The quantitative estimate of drug-likeness (QED) is 0.698. The Balaban J connectivity index is 3.03. The van der Waals surface area contributed by atoms with E-state index >= 15 is 0 Å². The monoisotopic (exact) mass is 263 g/mol. The van der Waals surface area contributed by atoms with E-state index in [2.05, 4.69) is 9.97 Å². The van der Waals surface area contributed by atoms with Gasteiger partial charge in [0.05, 0.1) is 12.1 Å². The predicted octanol–water partition coefficient (Wildman–Crippen LogP) is -1.64. The van der Waals surface area contributed by atoms with Crippen molar-refractivity contribution in [1.82, 2.24) is 19.1 Å². The highest BCUT2D eigenvalue weighted by molar-refractivity contribution is 5.84. The molecule has 0 saturated heterocycles. The molecule has 2 aromatic heterocycles. The van der Waals surface area contributed by atoms with E-state index in [1.54, 1.807) is 6.92 Å². The number of fused-ring (bicyclic) bond motifs is 1. The first-order chi connectivity index (χ1) is 8.82. The molecule has 2 heterocycles. The van der Waals surface area contributed by atoms with Crippen molar-refractivity contribution in [3.63, 3.8) is 0 Å². The number of nitrogens with two attached hydrogens (primary N) is 1. The lowest BCUT2D eigenvalue weighted by Gasteiger charge is -2.09. The summed E-state index contributed by atoms with van der Waals surface area (Å²) >= 11 is 0. The van der Waals surface area contributed by atoms with Crippen LogP contribution in [0.5, 0.6) is 0 Å². The molecule has 0 aromatic carbocycles. The molecule has 0 bridgehead atoms. The number of aromatic nitrogens is 4. The van der Waals surface area contributed by atoms with Crippen LogP contribution in [0.15, 0.2) is 9.59 Å². The van der Waals surface area contributed by atoms with E-state index in [1.165, 1.54) is 18.7 Å². The van der Waals surface area contributed by atoms with E-state index in [0.29, 0.717) is 5.82 Å². The van der Waals surface area contributed by atoms with Gasteiger partial charge in [-0.25, -0.2) is 14.8 Å². The largest absolute Gasteiger partial charge is 0.369 e. The number of amides is 1. The Kier molecular flexibility index (Phi) is 2.93. The first-order valence-electron chi connectivity index (χ1n) is 5.54. The number of carbonyl (C=O) groups is 1. The minimum absolute atomic E-state index is 0.147. The molecule has 0 aliphatic carbocycles. The molecule has 100 valence electrons. The molecule has 8 nitrogen and oxygen atoms in total. The van der Waals surface area contributed by atoms with Crippen LogP contribution in [0.2, 0.25) is 0 Å². The minimum Gasteiger partial charge on any atom is -0.369 e. The van der Waals surface area contributed by atoms with Crippen molar-refractivity contribution in [2.45, 2.75) is 13.3 Å². The average Bonchev–Trinajstić information content (AvgIpc) is 2.32. The van der Waals surface area contributed by atoms with Gasteiger partial charge in [-0.15, -0.1) is 0 Å². The van der Waals surface area contributed by atoms with Gasteiger partial charge in [0, 0.05) is 14.1 Å². The van der Waals surface area contributed by atoms with Crippen LogP contribution >= 0.6 is 0 Å². The van der Waals surface area contributed by atoms with Crippen LogP contribution in [0.1, 0.15) is 11.5 Å². The van der Waals surface area contributed by atoms with Crippen molar-refractivity contribution in [2.75, 3.05) is 0 Å². The van der Waals surface area contributed by atoms with Crippen LogP contribution in [0.4, 0.5) is 0 Å². The summed E-state index contributed by atoms with van der Waals surface area (Å²) in [4.78, 5) is 43.2. The third-order valence-electron chi connectivity index (χ3n) is 2.83. The third-order valence-corrected chi connectivity index (χ3v) is 2.83. The van der Waals surface area contributed by atoms with E-state index in [1.807, 2.05) is 0 Å². The second-order valence-corrected chi connectivity index (χ2v) is 4.26. The Labute approximate surface area is 107 Å². The maximum absolute atomic E-state index is 12.1. The fraction of sp³-hybridized carbons (Fsp3) is 0.364. The highest BCUT2D eigenvalue weighted by Gasteiger charge is 2.16. The molecule has 2 N–H and O–H groups in total. The molecule has 19 heavy (non-hydrogen) atoms. The molecule has 0 spiro atoms. The van der Waals surface area contributed by atoms with Gasteiger partial charge in [0.2, 0.25) is 5.91 Å². The average molecular weight is 263 g/mol. The van der Waals surface area contributed by atoms with Crippen molar-refractivity contribution in [3.8, 4) is 0 Å². The van der Waals surface area contributed by atoms with Crippen LogP contribution in [-0.4, -0.2) is 25.0 Å². The van der Waals surface area contributed by atoms with Gasteiger partial charge in [0.1, 0.15) is 11.2 Å². The molecule has 0 unspecified atom stereocenters. The molecular weight excluding hydrogens is 250 g/mol. The topological polar surface area (TPSA) is 113 Å². The summed E-state index contributed by atoms with van der Waals surface area (Å²) in [5.41, 5.74) is 4.57. The molecule has 8 heteroatoms. The van der Waals surface area contributed by atoms with Gasteiger partial charge < -0.3 is 5.73 Å². The summed E-state index contributed by atoms with van der Waals surface area (Å²) < 4.78 is 2.20. The number of hydrogen-bond acceptors (Lipinski definition) is 5. The summed E-state index contributed by atoms with van der Waals surface area (Å²) in [6.45, 7) is 1.62. The molecule has 2 aromatic rings. The van der Waals surface area contributed by atoms with Crippen molar-refractivity contribution >= 4 is 16.9 Å². The fourth-order valence-electron chi connectivity index (χ4n) is 1.94. The normalized spacial score (nSPS) is 10.9. The minimum atomic E-state index is -0.602. The number of nitrogens with zero attached hydrogens (tertiary/aromatic N) is 4. The zero-order valence-corrected chi connectivity index (χ0v) is 10.8. The third kappa shape index (κ3) is 2.01. The molecule has 1 amide bonds. The lowest BCUT2D eigenvalue weighted by Crippen LogP contribution is -2.38. The summed E-state index contributed by atoms with van der Waals surface area (Å²) in [6, 6.07) is 0.